The molecule has 2 aromatic rings. The van der Waals surface area contributed by atoms with Crippen LogP contribution >= 0.6 is 11.6 Å². The number of nitrogens with zero attached hydrogens (tertiary/aromatic N) is 1. The van der Waals surface area contributed by atoms with Crippen LogP contribution in [0.25, 0.3) is 0 Å². The number of aryl methyl sites for hydroxylation is 1. The van der Waals surface area contributed by atoms with Gasteiger partial charge >= 0.3 is 0 Å². The molecular weight excluding hydrogens is 328 g/mol. The van der Waals surface area contributed by atoms with Gasteiger partial charge in [0, 0.05) is 17.6 Å². The number of hydrogen-bond acceptors (Lipinski definition) is 3. The van der Waals surface area contributed by atoms with Crippen molar-refractivity contribution in [3.8, 4) is 5.75 Å². The standard InChI is InChI=1S/C18H17ClN2O3/c1-11-7-8-13(9-14(11)19)20-18(23)17-10-21(12(2)22)15-5-3-4-6-16(15)24-17/h3-9,17H,10H2,1-2H3,(H,20,23)/t17-/m0/s1. The predicted molar refractivity (Wildman–Crippen MR) is 93.7 cm³/mol. The third kappa shape index (κ3) is 3.21. The van der Waals surface area contributed by atoms with Crippen molar-refractivity contribution in [3.63, 3.8) is 0 Å². The topological polar surface area (TPSA) is 58.6 Å². The smallest absolute Gasteiger partial charge is 0.267 e. The number of ether oxygens (including phenoxy) is 1. The quantitative estimate of drug-likeness (QED) is 0.908. The van der Waals surface area contributed by atoms with E-state index >= 15 is 0 Å². The lowest BCUT2D eigenvalue weighted by Gasteiger charge is -2.33. The highest BCUT2D eigenvalue weighted by atomic mass is 35.5. The van der Waals surface area contributed by atoms with Crippen molar-refractivity contribution in [3.05, 3.63) is 53.1 Å². The fraction of sp³-hybridized carbons (Fsp3) is 0.222. The van der Waals surface area contributed by atoms with Gasteiger partial charge in [0.2, 0.25) is 5.91 Å². The predicted octanol–water partition coefficient (Wildman–Crippen LogP) is 3.40. The zero-order valence-corrected chi connectivity index (χ0v) is 14.1. The zero-order valence-electron chi connectivity index (χ0n) is 13.4. The first kappa shape index (κ1) is 16.3. The molecule has 3 rings (SSSR count). The maximum Gasteiger partial charge on any atom is 0.267 e. The van der Waals surface area contributed by atoms with Crippen molar-refractivity contribution in [2.45, 2.75) is 20.0 Å². The van der Waals surface area contributed by atoms with E-state index in [9.17, 15) is 9.59 Å². The van der Waals surface area contributed by atoms with E-state index in [1.165, 1.54) is 6.92 Å². The summed E-state index contributed by atoms with van der Waals surface area (Å²) in [6.45, 7) is 3.52. The van der Waals surface area contributed by atoms with Crippen LogP contribution in [-0.2, 0) is 9.59 Å². The van der Waals surface area contributed by atoms with E-state index in [-0.39, 0.29) is 18.4 Å². The number of carbonyl (C=O) groups excluding carboxylic acids is 2. The molecule has 0 fully saturated rings. The molecule has 0 saturated carbocycles. The van der Waals surface area contributed by atoms with Gasteiger partial charge in [-0.05, 0) is 36.8 Å². The maximum absolute atomic E-state index is 12.5. The van der Waals surface area contributed by atoms with Crippen molar-refractivity contribution in [1.29, 1.82) is 0 Å². The lowest BCUT2D eigenvalue weighted by atomic mass is 10.1. The molecular formula is C18H17ClN2O3. The third-order valence-corrected chi connectivity index (χ3v) is 4.29. The fourth-order valence-electron chi connectivity index (χ4n) is 2.56. The number of benzene rings is 2. The number of carbonyl (C=O) groups is 2. The van der Waals surface area contributed by atoms with Crippen LogP contribution < -0.4 is 15.0 Å². The molecule has 0 aromatic heterocycles. The SMILES string of the molecule is CC(=O)N1C[C@@H](C(=O)Nc2ccc(C)c(Cl)c2)Oc2ccccc21. The molecule has 124 valence electrons. The summed E-state index contributed by atoms with van der Waals surface area (Å²) in [6, 6.07) is 12.5. The Morgan fingerprint density at radius 1 is 1.25 bits per heavy atom. The van der Waals surface area contributed by atoms with Crippen LogP contribution in [0.3, 0.4) is 0 Å². The summed E-state index contributed by atoms with van der Waals surface area (Å²) in [5.41, 5.74) is 2.19. The van der Waals surface area contributed by atoms with Crippen LogP contribution in [0.2, 0.25) is 5.02 Å². The lowest BCUT2D eigenvalue weighted by molar-refractivity contribution is -0.123. The van der Waals surface area contributed by atoms with Crippen molar-refractivity contribution in [1.82, 2.24) is 0 Å². The molecule has 1 heterocycles. The number of amides is 2. The van der Waals surface area contributed by atoms with Crippen LogP contribution in [0.15, 0.2) is 42.5 Å². The summed E-state index contributed by atoms with van der Waals surface area (Å²) >= 11 is 6.08. The number of nitrogens with one attached hydrogen (secondary N) is 1. The Hall–Kier alpha value is -2.53. The summed E-state index contributed by atoms with van der Waals surface area (Å²) < 4.78 is 5.76. The minimum absolute atomic E-state index is 0.137. The summed E-state index contributed by atoms with van der Waals surface area (Å²) in [6.07, 6.45) is -0.788. The van der Waals surface area contributed by atoms with E-state index in [4.69, 9.17) is 16.3 Å². The molecule has 2 amide bonds. The molecule has 1 aliphatic rings. The van der Waals surface area contributed by atoms with Gasteiger partial charge in [0.05, 0.1) is 12.2 Å². The van der Waals surface area contributed by atoms with E-state index < -0.39 is 6.10 Å². The summed E-state index contributed by atoms with van der Waals surface area (Å²) in [7, 11) is 0. The highest BCUT2D eigenvalue weighted by Crippen LogP contribution is 2.33. The van der Waals surface area contributed by atoms with Crippen molar-refractivity contribution in [2.75, 3.05) is 16.8 Å². The average molecular weight is 345 g/mol. The molecule has 6 heteroatoms. The third-order valence-electron chi connectivity index (χ3n) is 3.89. The van der Waals surface area contributed by atoms with Gasteiger partial charge in [-0.3, -0.25) is 9.59 Å². The van der Waals surface area contributed by atoms with Gasteiger partial charge in [-0.15, -0.1) is 0 Å². The number of halogens is 1. The molecule has 1 aliphatic heterocycles. The Labute approximate surface area is 145 Å². The van der Waals surface area contributed by atoms with Gasteiger partial charge in [-0.25, -0.2) is 0 Å². The number of rotatable bonds is 2. The Bertz CT molecular complexity index is 807. The summed E-state index contributed by atoms with van der Waals surface area (Å²) in [5, 5.41) is 3.36. The van der Waals surface area contributed by atoms with Crippen LogP contribution in [-0.4, -0.2) is 24.5 Å². The molecule has 1 atom stereocenters. The normalized spacial score (nSPS) is 16.1. The summed E-state index contributed by atoms with van der Waals surface area (Å²) in [5.74, 6) is 0.0543. The van der Waals surface area contributed by atoms with E-state index in [1.54, 1.807) is 35.2 Å². The molecule has 0 radical (unpaired) electrons. The Balaban J connectivity index is 1.81. The molecule has 2 aromatic carbocycles. The zero-order chi connectivity index (χ0) is 17.3. The van der Waals surface area contributed by atoms with Gasteiger partial charge < -0.3 is 15.0 Å². The minimum Gasteiger partial charge on any atom is -0.476 e. The second-order valence-electron chi connectivity index (χ2n) is 5.66. The van der Waals surface area contributed by atoms with E-state index in [2.05, 4.69) is 5.32 Å². The van der Waals surface area contributed by atoms with Crippen LogP contribution in [0, 0.1) is 6.92 Å². The fourth-order valence-corrected chi connectivity index (χ4v) is 2.74. The molecule has 0 saturated heterocycles. The molecule has 0 bridgehead atoms. The van der Waals surface area contributed by atoms with Crippen molar-refractivity contribution in [2.24, 2.45) is 0 Å². The second-order valence-corrected chi connectivity index (χ2v) is 6.06. The first-order valence-electron chi connectivity index (χ1n) is 7.56. The number of anilines is 2. The molecule has 0 unspecified atom stereocenters. The minimum atomic E-state index is -0.788. The van der Waals surface area contributed by atoms with Crippen molar-refractivity contribution >= 4 is 34.8 Å². The molecule has 1 N–H and O–H groups in total. The van der Waals surface area contributed by atoms with E-state index in [0.717, 1.165) is 5.56 Å². The molecule has 24 heavy (non-hydrogen) atoms. The van der Waals surface area contributed by atoms with Gasteiger partial charge in [-0.2, -0.15) is 0 Å². The maximum atomic E-state index is 12.5. The first-order chi connectivity index (χ1) is 11.5. The molecule has 0 spiro atoms. The Morgan fingerprint density at radius 3 is 2.71 bits per heavy atom. The first-order valence-corrected chi connectivity index (χ1v) is 7.94. The van der Waals surface area contributed by atoms with Crippen LogP contribution in [0.5, 0.6) is 5.75 Å². The van der Waals surface area contributed by atoms with Gasteiger partial charge in [0.25, 0.3) is 5.91 Å². The largest absolute Gasteiger partial charge is 0.476 e. The number of hydrogen-bond donors (Lipinski definition) is 1. The molecule has 0 aliphatic carbocycles. The van der Waals surface area contributed by atoms with Crippen LogP contribution in [0.1, 0.15) is 12.5 Å². The van der Waals surface area contributed by atoms with Crippen molar-refractivity contribution < 1.29 is 14.3 Å². The van der Waals surface area contributed by atoms with Gasteiger partial charge in [-0.1, -0.05) is 29.8 Å². The van der Waals surface area contributed by atoms with Crippen LogP contribution in [0.4, 0.5) is 11.4 Å². The highest BCUT2D eigenvalue weighted by molar-refractivity contribution is 6.31. The number of para-hydroxylation sites is 2. The monoisotopic (exact) mass is 344 g/mol. The average Bonchev–Trinajstić information content (AvgIpc) is 2.57. The van der Waals surface area contributed by atoms with Gasteiger partial charge in [0.1, 0.15) is 5.75 Å². The lowest BCUT2D eigenvalue weighted by Crippen LogP contribution is -2.48. The van der Waals surface area contributed by atoms with Gasteiger partial charge in [0.15, 0.2) is 6.10 Å². The Morgan fingerprint density at radius 2 is 2.00 bits per heavy atom. The molecule has 5 nitrogen and oxygen atoms in total. The van der Waals surface area contributed by atoms with E-state index in [1.807, 2.05) is 19.1 Å². The second kappa shape index (κ2) is 6.53. The Kier molecular flexibility index (Phi) is 4.44. The van der Waals surface area contributed by atoms with E-state index in [0.29, 0.717) is 22.1 Å². The number of fused-ring (bicyclic) bond motifs is 1. The summed E-state index contributed by atoms with van der Waals surface area (Å²) in [4.78, 5) is 26.0. The highest BCUT2D eigenvalue weighted by Gasteiger charge is 2.32.